The fraction of sp³-hybridized carbons (Fsp3) is 0.333. The molecule has 1 atom stereocenters. The number of benzene rings is 2. The number of ketones is 1. The van der Waals surface area contributed by atoms with Crippen LogP contribution in [0.5, 0.6) is 5.75 Å². The molecular weight excluding hydrogens is 350 g/mol. The molecular formula is C24H25NO3. The molecule has 4 rings (SSSR count). The first-order valence-corrected chi connectivity index (χ1v) is 9.80. The third kappa shape index (κ3) is 3.13. The third-order valence-electron chi connectivity index (χ3n) is 5.80. The molecule has 0 aromatic heterocycles. The first-order chi connectivity index (χ1) is 13.5. The van der Waals surface area contributed by atoms with Gasteiger partial charge in [-0.25, -0.2) is 0 Å². The Kier molecular flexibility index (Phi) is 4.80. The molecule has 2 aliphatic rings. The monoisotopic (exact) mass is 375 g/mol. The zero-order valence-corrected chi connectivity index (χ0v) is 16.6. The molecule has 4 heteroatoms. The average molecular weight is 375 g/mol. The standard InChI is InChI=1S/C24H25NO3/c1-15-7-8-16(2)21(13-15)25-20-5-4-6-22(26)24(20)19(14-23(25)27)17-9-11-18(28-3)12-10-17/h7-13,19H,4-6,14H2,1-3H3. The number of rotatable bonds is 3. The van der Waals surface area contributed by atoms with Gasteiger partial charge in [0, 0.05) is 30.0 Å². The number of allylic oxidation sites excluding steroid dienone is 2. The van der Waals surface area contributed by atoms with Crippen molar-refractivity contribution in [2.45, 2.75) is 45.4 Å². The number of aryl methyl sites for hydroxylation is 2. The Balaban J connectivity index is 1.85. The van der Waals surface area contributed by atoms with Crippen LogP contribution >= 0.6 is 0 Å². The molecule has 1 aliphatic carbocycles. The lowest BCUT2D eigenvalue weighted by atomic mass is 9.77. The molecule has 1 amide bonds. The van der Waals surface area contributed by atoms with E-state index in [0.29, 0.717) is 12.8 Å². The van der Waals surface area contributed by atoms with Crippen molar-refractivity contribution in [1.29, 1.82) is 0 Å². The summed E-state index contributed by atoms with van der Waals surface area (Å²) in [6.45, 7) is 4.04. The summed E-state index contributed by atoms with van der Waals surface area (Å²) >= 11 is 0. The number of carbonyl (C=O) groups excluding carboxylic acids is 2. The van der Waals surface area contributed by atoms with Gasteiger partial charge in [0.05, 0.1) is 12.8 Å². The Hall–Kier alpha value is -2.88. The molecule has 144 valence electrons. The minimum Gasteiger partial charge on any atom is -0.497 e. The van der Waals surface area contributed by atoms with Gasteiger partial charge >= 0.3 is 0 Å². The van der Waals surface area contributed by atoms with Crippen molar-refractivity contribution in [3.8, 4) is 5.75 Å². The SMILES string of the molecule is COc1ccc(C2CC(=O)N(c3cc(C)ccc3C)C3=C2C(=O)CCC3)cc1. The van der Waals surface area contributed by atoms with Crippen LogP contribution in [0.4, 0.5) is 5.69 Å². The van der Waals surface area contributed by atoms with E-state index in [1.807, 2.05) is 55.1 Å². The van der Waals surface area contributed by atoms with Crippen LogP contribution in [-0.4, -0.2) is 18.8 Å². The van der Waals surface area contributed by atoms with Gasteiger partial charge in [0.1, 0.15) is 5.75 Å². The zero-order valence-electron chi connectivity index (χ0n) is 16.6. The quantitative estimate of drug-likeness (QED) is 0.771. The zero-order chi connectivity index (χ0) is 19.8. The lowest BCUT2D eigenvalue weighted by molar-refractivity contribution is -0.119. The Bertz CT molecular complexity index is 972. The number of carbonyl (C=O) groups is 2. The Morgan fingerprint density at radius 2 is 1.75 bits per heavy atom. The molecule has 28 heavy (non-hydrogen) atoms. The summed E-state index contributed by atoms with van der Waals surface area (Å²) in [6, 6.07) is 13.9. The van der Waals surface area contributed by atoms with E-state index in [9.17, 15) is 9.59 Å². The maximum atomic E-state index is 13.3. The fourth-order valence-corrected chi connectivity index (χ4v) is 4.35. The van der Waals surface area contributed by atoms with Crippen LogP contribution in [0.25, 0.3) is 0 Å². The van der Waals surface area contributed by atoms with E-state index < -0.39 is 0 Å². The smallest absolute Gasteiger partial charge is 0.232 e. The number of amides is 1. The molecule has 1 heterocycles. The van der Waals surface area contributed by atoms with Crippen molar-refractivity contribution < 1.29 is 14.3 Å². The molecule has 1 unspecified atom stereocenters. The summed E-state index contributed by atoms with van der Waals surface area (Å²) in [5.41, 5.74) is 5.76. The molecule has 4 nitrogen and oxygen atoms in total. The van der Waals surface area contributed by atoms with Gasteiger partial charge in [0.15, 0.2) is 5.78 Å². The summed E-state index contributed by atoms with van der Waals surface area (Å²) < 4.78 is 5.25. The maximum Gasteiger partial charge on any atom is 0.232 e. The molecule has 0 saturated heterocycles. The molecule has 0 bridgehead atoms. The summed E-state index contributed by atoms with van der Waals surface area (Å²) in [4.78, 5) is 28.0. The second kappa shape index (κ2) is 7.27. The predicted octanol–water partition coefficient (Wildman–Crippen LogP) is 4.84. The van der Waals surface area contributed by atoms with Crippen molar-refractivity contribution in [2.75, 3.05) is 12.0 Å². The fourth-order valence-electron chi connectivity index (χ4n) is 4.35. The normalized spacial score (nSPS) is 19.7. The number of Topliss-reactive ketones (excluding diaryl/α,β-unsaturated/α-hetero) is 1. The Morgan fingerprint density at radius 3 is 2.46 bits per heavy atom. The highest BCUT2D eigenvalue weighted by atomic mass is 16.5. The summed E-state index contributed by atoms with van der Waals surface area (Å²) in [5, 5.41) is 0. The van der Waals surface area contributed by atoms with Gasteiger partial charge in [-0.2, -0.15) is 0 Å². The van der Waals surface area contributed by atoms with Crippen LogP contribution in [0.1, 0.15) is 48.3 Å². The van der Waals surface area contributed by atoms with Crippen LogP contribution in [0.2, 0.25) is 0 Å². The van der Waals surface area contributed by atoms with E-state index in [4.69, 9.17) is 4.74 Å². The Morgan fingerprint density at radius 1 is 1.00 bits per heavy atom. The molecule has 0 N–H and O–H groups in total. The molecule has 2 aromatic carbocycles. The van der Waals surface area contributed by atoms with Crippen molar-refractivity contribution >= 4 is 17.4 Å². The highest BCUT2D eigenvalue weighted by Gasteiger charge is 2.40. The minimum atomic E-state index is -0.178. The largest absolute Gasteiger partial charge is 0.497 e. The van der Waals surface area contributed by atoms with Crippen LogP contribution in [0.15, 0.2) is 53.7 Å². The van der Waals surface area contributed by atoms with Crippen molar-refractivity contribution in [2.24, 2.45) is 0 Å². The van der Waals surface area contributed by atoms with Gasteiger partial charge < -0.3 is 4.74 Å². The molecule has 0 radical (unpaired) electrons. The van der Waals surface area contributed by atoms with E-state index in [1.165, 1.54) is 0 Å². The second-order valence-electron chi connectivity index (χ2n) is 7.69. The Labute approximate surface area is 165 Å². The van der Waals surface area contributed by atoms with Crippen molar-refractivity contribution in [3.63, 3.8) is 0 Å². The molecule has 2 aromatic rings. The minimum absolute atomic E-state index is 0.0583. The van der Waals surface area contributed by atoms with E-state index in [2.05, 4.69) is 6.07 Å². The van der Waals surface area contributed by atoms with E-state index in [0.717, 1.165) is 52.2 Å². The summed E-state index contributed by atoms with van der Waals surface area (Å²) in [5.74, 6) is 0.822. The number of hydrogen-bond acceptors (Lipinski definition) is 3. The topological polar surface area (TPSA) is 46.6 Å². The van der Waals surface area contributed by atoms with Crippen LogP contribution in [0, 0.1) is 13.8 Å². The molecule has 1 aliphatic heterocycles. The average Bonchev–Trinajstić information content (AvgIpc) is 2.70. The molecule has 0 spiro atoms. The van der Waals surface area contributed by atoms with Crippen LogP contribution < -0.4 is 9.64 Å². The highest BCUT2D eigenvalue weighted by Crippen LogP contribution is 2.44. The number of methoxy groups -OCH3 is 1. The van der Waals surface area contributed by atoms with Gasteiger partial charge in [0.25, 0.3) is 0 Å². The summed E-state index contributed by atoms with van der Waals surface area (Å²) in [6.07, 6.45) is 2.42. The number of ether oxygens (including phenoxy) is 1. The van der Waals surface area contributed by atoms with Crippen molar-refractivity contribution in [3.05, 3.63) is 70.4 Å². The lowest BCUT2D eigenvalue weighted by Crippen LogP contribution is -2.40. The van der Waals surface area contributed by atoms with Gasteiger partial charge in [-0.1, -0.05) is 24.3 Å². The van der Waals surface area contributed by atoms with Crippen LogP contribution in [0.3, 0.4) is 0 Å². The van der Waals surface area contributed by atoms with Crippen molar-refractivity contribution in [1.82, 2.24) is 0 Å². The predicted molar refractivity (Wildman–Crippen MR) is 110 cm³/mol. The van der Waals surface area contributed by atoms with Gasteiger partial charge in [0.2, 0.25) is 5.91 Å². The lowest BCUT2D eigenvalue weighted by Gasteiger charge is -2.39. The van der Waals surface area contributed by atoms with Gasteiger partial charge in [-0.05, 0) is 61.6 Å². The third-order valence-corrected chi connectivity index (χ3v) is 5.80. The van der Waals surface area contributed by atoms with Crippen LogP contribution in [-0.2, 0) is 9.59 Å². The van der Waals surface area contributed by atoms with E-state index in [-0.39, 0.29) is 17.6 Å². The van der Waals surface area contributed by atoms with E-state index in [1.54, 1.807) is 7.11 Å². The molecule has 0 fully saturated rings. The first kappa shape index (κ1) is 18.5. The van der Waals surface area contributed by atoms with E-state index >= 15 is 0 Å². The van der Waals surface area contributed by atoms with Gasteiger partial charge in [-0.3, -0.25) is 14.5 Å². The maximum absolute atomic E-state index is 13.3. The number of nitrogens with zero attached hydrogens (tertiary/aromatic N) is 1. The summed E-state index contributed by atoms with van der Waals surface area (Å²) in [7, 11) is 1.63. The highest BCUT2D eigenvalue weighted by molar-refractivity contribution is 6.07. The second-order valence-corrected chi connectivity index (χ2v) is 7.69. The van der Waals surface area contributed by atoms with Gasteiger partial charge in [-0.15, -0.1) is 0 Å². The number of anilines is 1. The first-order valence-electron chi connectivity index (χ1n) is 9.80. The number of hydrogen-bond donors (Lipinski definition) is 0. The molecule has 0 saturated carbocycles.